The summed E-state index contributed by atoms with van der Waals surface area (Å²) >= 11 is 0. The van der Waals surface area contributed by atoms with Crippen molar-refractivity contribution in [1.82, 2.24) is 0 Å². The number of rotatable bonds is 1. The van der Waals surface area contributed by atoms with Crippen molar-refractivity contribution in [3.05, 3.63) is 0 Å². The Bertz CT molecular complexity index is 229. The summed E-state index contributed by atoms with van der Waals surface area (Å²) in [7, 11) is 0. The van der Waals surface area contributed by atoms with E-state index in [-0.39, 0.29) is 0 Å². The van der Waals surface area contributed by atoms with Gasteiger partial charge < -0.3 is 5.11 Å². The van der Waals surface area contributed by atoms with E-state index in [2.05, 4.69) is 0 Å². The average molecular weight is 194 g/mol. The summed E-state index contributed by atoms with van der Waals surface area (Å²) in [6.45, 7) is 0.460. The highest BCUT2D eigenvalue weighted by Gasteiger charge is 2.66. The summed E-state index contributed by atoms with van der Waals surface area (Å²) in [5, 5.41) is 9.35. The van der Waals surface area contributed by atoms with Crippen LogP contribution in [-0.2, 0) is 0 Å². The first-order valence-corrected chi connectivity index (χ1v) is 6.44. The zero-order valence-electron chi connectivity index (χ0n) is 9.10. The Morgan fingerprint density at radius 1 is 0.929 bits per heavy atom. The van der Waals surface area contributed by atoms with Gasteiger partial charge in [0.2, 0.25) is 0 Å². The van der Waals surface area contributed by atoms with Crippen LogP contribution in [0.1, 0.15) is 57.8 Å². The minimum absolute atomic E-state index is 0.460. The van der Waals surface area contributed by atoms with Crippen LogP contribution in [0.4, 0.5) is 0 Å². The van der Waals surface area contributed by atoms with Gasteiger partial charge in [-0.15, -0.1) is 0 Å². The molecule has 2 unspecified atom stereocenters. The third-order valence-electron chi connectivity index (χ3n) is 5.60. The lowest BCUT2D eigenvalue weighted by Crippen LogP contribution is -2.31. The Balaban J connectivity index is 1.84. The zero-order valence-corrected chi connectivity index (χ0v) is 9.10. The lowest BCUT2D eigenvalue weighted by atomic mass is 9.64. The molecule has 0 heterocycles. The normalized spacial score (nSPS) is 44.8. The third kappa shape index (κ3) is 0.997. The summed E-state index contributed by atoms with van der Waals surface area (Å²) in [6.07, 6.45) is 13.0. The van der Waals surface area contributed by atoms with Gasteiger partial charge in [-0.05, 0) is 48.9 Å². The van der Waals surface area contributed by atoms with Gasteiger partial charge in [0, 0.05) is 6.61 Å². The molecule has 0 aromatic heterocycles. The molecule has 1 nitrogen and oxygen atoms in total. The average Bonchev–Trinajstić information content (AvgIpc) is 2.85. The molecular formula is C13H22O. The Kier molecular flexibility index (Phi) is 1.96. The SMILES string of the molecule is OCC1CC12CCCC21CCCCC1. The summed E-state index contributed by atoms with van der Waals surface area (Å²) in [5.74, 6) is 0.683. The summed E-state index contributed by atoms with van der Waals surface area (Å²) in [5.41, 5.74) is 1.32. The van der Waals surface area contributed by atoms with E-state index in [1.54, 1.807) is 0 Å². The lowest BCUT2D eigenvalue weighted by Gasteiger charge is -2.40. The highest BCUT2D eigenvalue weighted by molar-refractivity contribution is 5.16. The fourth-order valence-corrected chi connectivity index (χ4v) is 4.81. The van der Waals surface area contributed by atoms with Gasteiger partial charge in [-0.25, -0.2) is 0 Å². The summed E-state index contributed by atoms with van der Waals surface area (Å²) < 4.78 is 0. The van der Waals surface area contributed by atoms with Crippen LogP contribution in [0.3, 0.4) is 0 Å². The van der Waals surface area contributed by atoms with Crippen molar-refractivity contribution in [3.8, 4) is 0 Å². The molecular weight excluding hydrogens is 172 g/mol. The molecule has 0 radical (unpaired) electrons. The largest absolute Gasteiger partial charge is 0.396 e. The number of aliphatic hydroxyl groups is 1. The highest BCUT2D eigenvalue weighted by atomic mass is 16.3. The molecule has 0 aromatic rings. The molecule has 0 saturated heterocycles. The molecule has 0 aromatic carbocycles. The number of fused-ring (bicyclic) bond motifs is 1. The number of hydrogen-bond acceptors (Lipinski definition) is 1. The van der Waals surface area contributed by atoms with E-state index >= 15 is 0 Å². The molecule has 3 saturated carbocycles. The predicted molar refractivity (Wildman–Crippen MR) is 57.0 cm³/mol. The first-order valence-electron chi connectivity index (χ1n) is 6.44. The molecule has 1 N–H and O–H groups in total. The van der Waals surface area contributed by atoms with Crippen molar-refractivity contribution in [2.75, 3.05) is 6.61 Å². The van der Waals surface area contributed by atoms with E-state index in [4.69, 9.17) is 0 Å². The van der Waals surface area contributed by atoms with Gasteiger partial charge >= 0.3 is 0 Å². The molecule has 2 spiro atoms. The Labute approximate surface area is 86.9 Å². The molecule has 2 atom stereocenters. The summed E-state index contributed by atoms with van der Waals surface area (Å²) in [6, 6.07) is 0. The quantitative estimate of drug-likeness (QED) is 0.680. The van der Waals surface area contributed by atoms with Crippen LogP contribution in [-0.4, -0.2) is 11.7 Å². The predicted octanol–water partition coefficient (Wildman–Crippen LogP) is 3.12. The van der Waals surface area contributed by atoms with Crippen LogP contribution in [0.5, 0.6) is 0 Å². The summed E-state index contributed by atoms with van der Waals surface area (Å²) in [4.78, 5) is 0. The van der Waals surface area contributed by atoms with Crippen molar-refractivity contribution in [1.29, 1.82) is 0 Å². The maximum Gasteiger partial charge on any atom is 0.0464 e. The van der Waals surface area contributed by atoms with E-state index < -0.39 is 0 Å². The van der Waals surface area contributed by atoms with Crippen LogP contribution in [0, 0.1) is 16.7 Å². The third-order valence-corrected chi connectivity index (χ3v) is 5.60. The lowest BCUT2D eigenvalue weighted by molar-refractivity contribution is 0.0858. The first-order chi connectivity index (χ1) is 6.83. The minimum Gasteiger partial charge on any atom is -0.396 e. The van der Waals surface area contributed by atoms with Crippen LogP contribution >= 0.6 is 0 Å². The second-order valence-corrected chi connectivity index (χ2v) is 5.93. The van der Waals surface area contributed by atoms with E-state index in [0.717, 1.165) is 0 Å². The van der Waals surface area contributed by atoms with Crippen molar-refractivity contribution in [2.45, 2.75) is 57.8 Å². The van der Waals surface area contributed by atoms with Crippen LogP contribution in [0.15, 0.2) is 0 Å². The molecule has 3 fully saturated rings. The van der Waals surface area contributed by atoms with Crippen LogP contribution < -0.4 is 0 Å². The van der Waals surface area contributed by atoms with Gasteiger partial charge in [0.05, 0.1) is 0 Å². The molecule has 3 aliphatic rings. The first kappa shape index (κ1) is 9.21. The van der Waals surface area contributed by atoms with Crippen LogP contribution in [0.25, 0.3) is 0 Å². The van der Waals surface area contributed by atoms with E-state index in [9.17, 15) is 5.11 Å². The van der Waals surface area contributed by atoms with E-state index in [1.165, 1.54) is 57.8 Å². The zero-order chi connectivity index (χ0) is 9.65. The molecule has 0 bridgehead atoms. The number of hydrogen-bond donors (Lipinski definition) is 1. The topological polar surface area (TPSA) is 20.2 Å². The molecule has 0 amide bonds. The molecule has 14 heavy (non-hydrogen) atoms. The van der Waals surface area contributed by atoms with E-state index in [0.29, 0.717) is 23.4 Å². The van der Waals surface area contributed by atoms with Gasteiger partial charge in [-0.3, -0.25) is 0 Å². The highest BCUT2D eigenvalue weighted by Crippen LogP contribution is 2.74. The molecule has 3 rings (SSSR count). The fraction of sp³-hybridized carbons (Fsp3) is 1.00. The maximum atomic E-state index is 9.35. The fourth-order valence-electron chi connectivity index (χ4n) is 4.81. The Morgan fingerprint density at radius 3 is 2.29 bits per heavy atom. The smallest absolute Gasteiger partial charge is 0.0464 e. The van der Waals surface area contributed by atoms with Gasteiger partial charge in [0.1, 0.15) is 0 Å². The molecule has 3 aliphatic carbocycles. The van der Waals surface area contributed by atoms with Gasteiger partial charge in [-0.1, -0.05) is 25.7 Å². The molecule has 0 aliphatic heterocycles. The van der Waals surface area contributed by atoms with Gasteiger partial charge in [0.15, 0.2) is 0 Å². The van der Waals surface area contributed by atoms with Crippen molar-refractivity contribution in [3.63, 3.8) is 0 Å². The van der Waals surface area contributed by atoms with Crippen LogP contribution in [0.2, 0.25) is 0 Å². The molecule has 80 valence electrons. The molecule has 1 heteroatoms. The van der Waals surface area contributed by atoms with Gasteiger partial charge in [0.25, 0.3) is 0 Å². The van der Waals surface area contributed by atoms with E-state index in [1.807, 2.05) is 0 Å². The van der Waals surface area contributed by atoms with Gasteiger partial charge in [-0.2, -0.15) is 0 Å². The second-order valence-electron chi connectivity index (χ2n) is 5.93. The Morgan fingerprint density at radius 2 is 1.64 bits per heavy atom. The monoisotopic (exact) mass is 194 g/mol. The van der Waals surface area contributed by atoms with Crippen molar-refractivity contribution in [2.24, 2.45) is 16.7 Å². The maximum absolute atomic E-state index is 9.35. The minimum atomic E-state index is 0.460. The Hall–Kier alpha value is -0.0400. The second kappa shape index (κ2) is 2.98. The van der Waals surface area contributed by atoms with Crippen molar-refractivity contribution < 1.29 is 5.11 Å². The standard InChI is InChI=1S/C13H22O/c14-10-11-9-13(11)8-4-7-12(13)5-2-1-3-6-12/h11,14H,1-10H2. The van der Waals surface area contributed by atoms with Crippen molar-refractivity contribution >= 4 is 0 Å². The number of aliphatic hydroxyl groups excluding tert-OH is 1.